The summed E-state index contributed by atoms with van der Waals surface area (Å²) in [5, 5.41) is 0. The highest BCUT2D eigenvalue weighted by molar-refractivity contribution is 5.66. The summed E-state index contributed by atoms with van der Waals surface area (Å²) in [6.45, 7) is 11.9. The van der Waals surface area contributed by atoms with E-state index in [9.17, 15) is 0 Å². The average molecular weight is 408 g/mol. The van der Waals surface area contributed by atoms with E-state index in [-0.39, 0.29) is 0 Å². The summed E-state index contributed by atoms with van der Waals surface area (Å²) in [7, 11) is 0. The predicted octanol–water partition coefficient (Wildman–Crippen LogP) is 6.72. The van der Waals surface area contributed by atoms with Crippen LogP contribution in [-0.4, -0.2) is 25.9 Å². The lowest BCUT2D eigenvalue weighted by molar-refractivity contribution is 0.00786. The van der Waals surface area contributed by atoms with E-state index < -0.39 is 0 Å². The molecule has 0 saturated carbocycles. The fourth-order valence-corrected chi connectivity index (χ4v) is 4.90. The molecule has 0 aromatic heterocycles. The molecule has 30 heavy (non-hydrogen) atoms. The van der Waals surface area contributed by atoms with Crippen molar-refractivity contribution in [1.29, 1.82) is 0 Å². The van der Waals surface area contributed by atoms with Crippen LogP contribution in [0.3, 0.4) is 0 Å². The van der Waals surface area contributed by atoms with Gasteiger partial charge in [-0.15, -0.1) is 0 Å². The molecule has 2 aromatic carbocycles. The average Bonchev–Trinajstić information content (AvgIpc) is 2.78. The molecule has 0 spiro atoms. The first-order chi connectivity index (χ1) is 14.5. The van der Waals surface area contributed by atoms with Crippen molar-refractivity contribution in [1.82, 2.24) is 0 Å². The molecule has 0 radical (unpaired) electrons. The lowest BCUT2D eigenvalue weighted by Gasteiger charge is -2.37. The van der Waals surface area contributed by atoms with Gasteiger partial charge in [-0.25, -0.2) is 0 Å². The molecule has 2 aliphatic rings. The highest BCUT2D eigenvalue weighted by atomic mass is 16.5. The third-order valence-electron chi connectivity index (χ3n) is 6.70. The van der Waals surface area contributed by atoms with E-state index in [0.717, 1.165) is 51.2 Å². The van der Waals surface area contributed by atoms with Crippen LogP contribution >= 0.6 is 0 Å². The van der Waals surface area contributed by atoms with Crippen molar-refractivity contribution in [3.8, 4) is 5.75 Å². The zero-order valence-corrected chi connectivity index (χ0v) is 19.1. The van der Waals surface area contributed by atoms with E-state index in [1.54, 1.807) is 0 Å². The Kier molecular flexibility index (Phi) is 6.67. The van der Waals surface area contributed by atoms with E-state index in [0.29, 0.717) is 23.9 Å². The van der Waals surface area contributed by atoms with Crippen LogP contribution in [0.5, 0.6) is 5.75 Å². The second-order valence-electron chi connectivity index (χ2n) is 9.49. The molecule has 2 unspecified atom stereocenters. The normalized spacial score (nSPS) is 21.9. The number of fused-ring (bicyclic) bond motifs is 1. The Morgan fingerprint density at radius 1 is 1.00 bits per heavy atom. The van der Waals surface area contributed by atoms with Crippen molar-refractivity contribution in [2.75, 3.05) is 24.7 Å². The fourth-order valence-electron chi connectivity index (χ4n) is 4.90. The number of hydrogen-bond acceptors (Lipinski definition) is 3. The molecule has 162 valence electrons. The van der Waals surface area contributed by atoms with Crippen LogP contribution in [-0.2, 0) is 11.2 Å². The maximum atomic E-state index is 6.52. The van der Waals surface area contributed by atoms with Crippen LogP contribution < -0.4 is 9.64 Å². The quantitative estimate of drug-likeness (QED) is 0.530. The predicted molar refractivity (Wildman–Crippen MR) is 125 cm³/mol. The fraction of sp³-hybridized carbons (Fsp3) is 0.556. The van der Waals surface area contributed by atoms with Crippen molar-refractivity contribution in [3.05, 3.63) is 53.6 Å². The van der Waals surface area contributed by atoms with Crippen LogP contribution in [0.1, 0.15) is 64.0 Å². The standard InChI is InChI=1S/C27H37NO2/c1-5-21-6-8-23(9-7-21)28(18-19(2)3)24-10-11-26-25(17-24)20(4)16-27(30-26)22-12-14-29-15-13-22/h6-11,17,19-20,22,27H,5,12-16,18H2,1-4H3. The lowest BCUT2D eigenvalue weighted by Crippen LogP contribution is -2.35. The summed E-state index contributed by atoms with van der Waals surface area (Å²) >= 11 is 0. The number of ether oxygens (including phenoxy) is 2. The third-order valence-corrected chi connectivity index (χ3v) is 6.70. The van der Waals surface area contributed by atoms with Gasteiger partial charge in [0.15, 0.2) is 0 Å². The van der Waals surface area contributed by atoms with Crippen LogP contribution in [0.15, 0.2) is 42.5 Å². The molecule has 2 aromatic rings. The van der Waals surface area contributed by atoms with Crippen molar-refractivity contribution in [2.45, 2.75) is 65.4 Å². The minimum atomic E-state index is 0.329. The first kappa shape index (κ1) is 21.2. The maximum absolute atomic E-state index is 6.52. The maximum Gasteiger partial charge on any atom is 0.123 e. The van der Waals surface area contributed by atoms with Gasteiger partial charge in [-0.05, 0) is 79.0 Å². The zero-order chi connectivity index (χ0) is 21.1. The molecule has 0 amide bonds. The Bertz CT molecular complexity index is 823. The van der Waals surface area contributed by atoms with E-state index >= 15 is 0 Å². The summed E-state index contributed by atoms with van der Waals surface area (Å²) in [6.07, 6.45) is 4.76. The first-order valence-corrected chi connectivity index (χ1v) is 11.8. The van der Waals surface area contributed by atoms with E-state index in [2.05, 4.69) is 75.1 Å². The molecule has 0 bridgehead atoms. The SMILES string of the molecule is CCc1ccc(N(CC(C)C)c2ccc3c(c2)C(C)CC(C2CCOCC2)O3)cc1. The number of nitrogens with zero attached hydrogens (tertiary/aromatic N) is 1. The summed E-state index contributed by atoms with van der Waals surface area (Å²) < 4.78 is 12.1. The van der Waals surface area contributed by atoms with Gasteiger partial charge in [0.1, 0.15) is 11.9 Å². The smallest absolute Gasteiger partial charge is 0.123 e. The van der Waals surface area contributed by atoms with Gasteiger partial charge in [-0.3, -0.25) is 0 Å². The molecule has 0 aliphatic carbocycles. The molecular formula is C27H37NO2. The van der Waals surface area contributed by atoms with Crippen molar-refractivity contribution >= 4 is 11.4 Å². The molecule has 1 saturated heterocycles. The summed E-state index contributed by atoms with van der Waals surface area (Å²) in [5.41, 5.74) is 5.28. The number of rotatable bonds is 6. The van der Waals surface area contributed by atoms with Crippen LogP contribution in [0.4, 0.5) is 11.4 Å². The molecule has 1 fully saturated rings. The molecule has 3 heteroatoms. The Balaban J connectivity index is 1.60. The highest BCUT2D eigenvalue weighted by Crippen LogP contribution is 2.42. The molecular weight excluding hydrogens is 370 g/mol. The van der Waals surface area contributed by atoms with Gasteiger partial charge in [-0.1, -0.05) is 39.8 Å². The monoisotopic (exact) mass is 407 g/mol. The summed E-state index contributed by atoms with van der Waals surface area (Å²) in [4.78, 5) is 2.46. The third kappa shape index (κ3) is 4.67. The summed E-state index contributed by atoms with van der Waals surface area (Å²) in [6, 6.07) is 15.9. The number of benzene rings is 2. The zero-order valence-electron chi connectivity index (χ0n) is 19.1. The molecule has 2 heterocycles. The molecule has 0 N–H and O–H groups in total. The highest BCUT2D eigenvalue weighted by Gasteiger charge is 2.33. The molecule has 2 aliphatic heterocycles. The van der Waals surface area contributed by atoms with Crippen LogP contribution in [0.25, 0.3) is 0 Å². The largest absolute Gasteiger partial charge is 0.490 e. The second-order valence-corrected chi connectivity index (χ2v) is 9.49. The van der Waals surface area contributed by atoms with E-state index in [4.69, 9.17) is 9.47 Å². The van der Waals surface area contributed by atoms with Gasteiger partial charge in [0, 0.05) is 37.1 Å². The molecule has 3 nitrogen and oxygen atoms in total. The summed E-state index contributed by atoms with van der Waals surface area (Å²) in [5.74, 6) is 2.81. The molecule has 2 atom stereocenters. The van der Waals surface area contributed by atoms with Crippen LogP contribution in [0, 0.1) is 11.8 Å². The van der Waals surface area contributed by atoms with Crippen molar-refractivity contribution in [2.24, 2.45) is 11.8 Å². The van der Waals surface area contributed by atoms with Gasteiger partial charge < -0.3 is 14.4 Å². The number of hydrogen-bond donors (Lipinski definition) is 0. The van der Waals surface area contributed by atoms with Gasteiger partial charge in [0.2, 0.25) is 0 Å². The Labute approximate surface area is 182 Å². The Hall–Kier alpha value is -2.00. The van der Waals surface area contributed by atoms with Crippen molar-refractivity contribution in [3.63, 3.8) is 0 Å². The van der Waals surface area contributed by atoms with Gasteiger partial charge in [-0.2, -0.15) is 0 Å². The van der Waals surface area contributed by atoms with Gasteiger partial charge in [0.05, 0.1) is 0 Å². The topological polar surface area (TPSA) is 21.7 Å². The number of anilines is 2. The van der Waals surface area contributed by atoms with Crippen molar-refractivity contribution < 1.29 is 9.47 Å². The lowest BCUT2D eigenvalue weighted by atomic mass is 9.83. The van der Waals surface area contributed by atoms with E-state index in [1.165, 1.54) is 22.5 Å². The van der Waals surface area contributed by atoms with Crippen LogP contribution in [0.2, 0.25) is 0 Å². The Morgan fingerprint density at radius 3 is 2.37 bits per heavy atom. The second kappa shape index (κ2) is 9.43. The van der Waals surface area contributed by atoms with E-state index in [1.807, 2.05) is 0 Å². The molecule has 4 rings (SSSR count). The number of aryl methyl sites for hydroxylation is 1. The van der Waals surface area contributed by atoms with Gasteiger partial charge in [0.25, 0.3) is 0 Å². The Morgan fingerprint density at radius 2 is 1.70 bits per heavy atom. The minimum Gasteiger partial charge on any atom is -0.490 e. The van der Waals surface area contributed by atoms with Gasteiger partial charge >= 0.3 is 0 Å². The first-order valence-electron chi connectivity index (χ1n) is 11.8. The minimum absolute atomic E-state index is 0.329.